The SMILES string of the molecule is CCNC1C(CN2CCCCCCC2)CCCC1(C)C. The van der Waals surface area contributed by atoms with Crippen molar-refractivity contribution < 1.29 is 0 Å². The van der Waals surface area contributed by atoms with Crippen LogP contribution in [0.5, 0.6) is 0 Å². The lowest BCUT2D eigenvalue weighted by Crippen LogP contribution is -2.53. The summed E-state index contributed by atoms with van der Waals surface area (Å²) in [4.78, 5) is 2.77. The van der Waals surface area contributed by atoms with Crippen LogP contribution < -0.4 is 5.32 Å². The van der Waals surface area contributed by atoms with E-state index in [1.54, 1.807) is 0 Å². The van der Waals surface area contributed by atoms with E-state index in [-0.39, 0.29) is 0 Å². The summed E-state index contributed by atoms with van der Waals surface area (Å²) in [6.45, 7) is 12.3. The normalized spacial score (nSPS) is 32.5. The monoisotopic (exact) mass is 280 g/mol. The summed E-state index contributed by atoms with van der Waals surface area (Å²) in [5.74, 6) is 0.859. The second-order valence-electron chi connectivity index (χ2n) is 7.74. The van der Waals surface area contributed by atoms with Crippen molar-refractivity contribution in [2.24, 2.45) is 11.3 Å². The molecule has 0 amide bonds. The maximum atomic E-state index is 3.82. The first-order chi connectivity index (χ1) is 9.63. The Kier molecular flexibility index (Phi) is 6.35. The highest BCUT2D eigenvalue weighted by atomic mass is 15.1. The predicted octanol–water partition coefficient (Wildman–Crippen LogP) is 4.06. The van der Waals surface area contributed by atoms with Crippen LogP contribution in [0, 0.1) is 11.3 Å². The van der Waals surface area contributed by atoms with Gasteiger partial charge in [0.15, 0.2) is 0 Å². The molecule has 2 aliphatic rings. The fourth-order valence-electron chi connectivity index (χ4n) is 4.47. The van der Waals surface area contributed by atoms with E-state index in [9.17, 15) is 0 Å². The third-order valence-electron chi connectivity index (χ3n) is 5.57. The molecule has 2 nitrogen and oxygen atoms in total. The van der Waals surface area contributed by atoms with Crippen LogP contribution in [-0.4, -0.2) is 37.1 Å². The highest BCUT2D eigenvalue weighted by Crippen LogP contribution is 2.39. The van der Waals surface area contributed by atoms with Crippen LogP contribution >= 0.6 is 0 Å². The Morgan fingerprint density at radius 3 is 2.30 bits per heavy atom. The average molecular weight is 280 g/mol. The third-order valence-corrected chi connectivity index (χ3v) is 5.57. The zero-order chi connectivity index (χ0) is 14.4. The van der Waals surface area contributed by atoms with Gasteiger partial charge in [-0.3, -0.25) is 0 Å². The van der Waals surface area contributed by atoms with Crippen LogP contribution in [0.2, 0.25) is 0 Å². The molecule has 1 aliphatic carbocycles. The number of hydrogen-bond donors (Lipinski definition) is 1. The number of likely N-dealkylation sites (tertiary alicyclic amines) is 1. The molecule has 2 rings (SSSR count). The summed E-state index contributed by atoms with van der Waals surface area (Å²) in [6, 6.07) is 0.715. The fourth-order valence-corrected chi connectivity index (χ4v) is 4.47. The molecule has 2 atom stereocenters. The molecule has 2 unspecified atom stereocenters. The van der Waals surface area contributed by atoms with E-state index in [0.717, 1.165) is 12.5 Å². The van der Waals surface area contributed by atoms with Gasteiger partial charge in [-0.2, -0.15) is 0 Å². The van der Waals surface area contributed by atoms with Crippen LogP contribution in [0.3, 0.4) is 0 Å². The first-order valence-electron chi connectivity index (χ1n) is 9.09. The highest BCUT2D eigenvalue weighted by Gasteiger charge is 2.38. The lowest BCUT2D eigenvalue weighted by Gasteiger charge is -2.46. The minimum atomic E-state index is 0.474. The molecule has 0 bridgehead atoms. The van der Waals surface area contributed by atoms with Crippen LogP contribution in [0.4, 0.5) is 0 Å². The van der Waals surface area contributed by atoms with Crippen molar-refractivity contribution in [1.29, 1.82) is 0 Å². The molecule has 2 heteroatoms. The van der Waals surface area contributed by atoms with Gasteiger partial charge in [0.1, 0.15) is 0 Å². The molecular formula is C18H36N2. The summed E-state index contributed by atoms with van der Waals surface area (Å²) in [7, 11) is 0. The summed E-state index contributed by atoms with van der Waals surface area (Å²) in [6.07, 6.45) is 11.4. The van der Waals surface area contributed by atoms with Crippen LogP contribution in [0.25, 0.3) is 0 Å². The summed E-state index contributed by atoms with van der Waals surface area (Å²) in [5.41, 5.74) is 0.474. The van der Waals surface area contributed by atoms with E-state index in [4.69, 9.17) is 0 Å². The van der Waals surface area contributed by atoms with Gasteiger partial charge < -0.3 is 10.2 Å². The number of nitrogens with zero attached hydrogens (tertiary/aromatic N) is 1. The molecule has 20 heavy (non-hydrogen) atoms. The van der Waals surface area contributed by atoms with E-state index in [0.29, 0.717) is 11.5 Å². The van der Waals surface area contributed by atoms with E-state index < -0.39 is 0 Å². The molecule has 1 aliphatic heterocycles. The Labute approximate surface area is 126 Å². The van der Waals surface area contributed by atoms with Crippen LogP contribution in [0.1, 0.15) is 72.1 Å². The summed E-state index contributed by atoms with van der Waals surface area (Å²) in [5, 5.41) is 3.82. The van der Waals surface area contributed by atoms with Crippen molar-refractivity contribution in [1.82, 2.24) is 10.2 Å². The van der Waals surface area contributed by atoms with Gasteiger partial charge in [0.2, 0.25) is 0 Å². The van der Waals surface area contributed by atoms with Crippen molar-refractivity contribution >= 4 is 0 Å². The van der Waals surface area contributed by atoms with Crippen molar-refractivity contribution in [3.8, 4) is 0 Å². The third kappa shape index (κ3) is 4.46. The van der Waals surface area contributed by atoms with E-state index in [1.807, 2.05) is 0 Å². The van der Waals surface area contributed by atoms with Crippen molar-refractivity contribution in [2.75, 3.05) is 26.2 Å². The second kappa shape index (κ2) is 7.79. The lowest BCUT2D eigenvalue weighted by molar-refractivity contribution is 0.0771. The topological polar surface area (TPSA) is 15.3 Å². The Morgan fingerprint density at radius 2 is 1.65 bits per heavy atom. The van der Waals surface area contributed by atoms with Crippen LogP contribution in [0.15, 0.2) is 0 Å². The number of rotatable bonds is 4. The molecule has 0 radical (unpaired) electrons. The minimum absolute atomic E-state index is 0.474. The van der Waals surface area contributed by atoms with Gasteiger partial charge in [-0.15, -0.1) is 0 Å². The predicted molar refractivity (Wildman–Crippen MR) is 88.1 cm³/mol. The smallest absolute Gasteiger partial charge is 0.0159 e. The molecule has 2 fully saturated rings. The minimum Gasteiger partial charge on any atom is -0.313 e. The van der Waals surface area contributed by atoms with Gasteiger partial charge in [-0.05, 0) is 56.7 Å². The molecule has 0 spiro atoms. The molecule has 1 saturated carbocycles. The van der Waals surface area contributed by atoms with Crippen molar-refractivity contribution in [3.05, 3.63) is 0 Å². The molecule has 1 N–H and O–H groups in total. The van der Waals surface area contributed by atoms with Gasteiger partial charge in [-0.25, -0.2) is 0 Å². The summed E-state index contributed by atoms with van der Waals surface area (Å²) >= 11 is 0. The zero-order valence-corrected chi connectivity index (χ0v) is 14.1. The van der Waals surface area contributed by atoms with E-state index >= 15 is 0 Å². The Morgan fingerprint density at radius 1 is 1.00 bits per heavy atom. The van der Waals surface area contributed by atoms with Gasteiger partial charge in [0.05, 0.1) is 0 Å². The van der Waals surface area contributed by atoms with Gasteiger partial charge in [0, 0.05) is 12.6 Å². The fraction of sp³-hybridized carbons (Fsp3) is 1.00. The molecule has 0 aromatic rings. The maximum absolute atomic E-state index is 3.82. The molecule has 0 aromatic carbocycles. The maximum Gasteiger partial charge on any atom is 0.0159 e. The second-order valence-corrected chi connectivity index (χ2v) is 7.74. The van der Waals surface area contributed by atoms with Crippen molar-refractivity contribution in [3.63, 3.8) is 0 Å². The number of nitrogens with one attached hydrogen (secondary N) is 1. The zero-order valence-electron chi connectivity index (χ0n) is 14.1. The van der Waals surface area contributed by atoms with Crippen LogP contribution in [-0.2, 0) is 0 Å². The Hall–Kier alpha value is -0.0800. The quantitative estimate of drug-likeness (QED) is 0.835. The summed E-state index contributed by atoms with van der Waals surface area (Å²) < 4.78 is 0. The standard InChI is InChI=1S/C18H36N2/c1-4-19-17-16(11-10-12-18(17,2)3)15-20-13-8-6-5-7-9-14-20/h16-17,19H,4-15H2,1-3H3. The highest BCUT2D eigenvalue weighted by molar-refractivity contribution is 4.94. The van der Waals surface area contributed by atoms with Crippen molar-refractivity contribution in [2.45, 2.75) is 78.2 Å². The first kappa shape index (κ1) is 16.3. The molecule has 118 valence electrons. The molecule has 1 heterocycles. The van der Waals surface area contributed by atoms with E-state index in [2.05, 4.69) is 31.0 Å². The lowest BCUT2D eigenvalue weighted by atomic mass is 9.67. The Balaban J connectivity index is 1.93. The molecule has 1 saturated heterocycles. The average Bonchev–Trinajstić information content (AvgIpc) is 2.36. The first-order valence-corrected chi connectivity index (χ1v) is 9.09. The molecular weight excluding hydrogens is 244 g/mol. The van der Waals surface area contributed by atoms with Gasteiger partial charge >= 0.3 is 0 Å². The Bertz CT molecular complexity index is 267. The molecule has 0 aromatic heterocycles. The van der Waals surface area contributed by atoms with Gasteiger partial charge in [0.25, 0.3) is 0 Å². The number of hydrogen-bond acceptors (Lipinski definition) is 2. The largest absolute Gasteiger partial charge is 0.313 e. The van der Waals surface area contributed by atoms with E-state index in [1.165, 1.54) is 71.0 Å². The van der Waals surface area contributed by atoms with Gasteiger partial charge in [-0.1, -0.05) is 46.5 Å².